The summed E-state index contributed by atoms with van der Waals surface area (Å²) in [6.07, 6.45) is 4.45. The van der Waals surface area contributed by atoms with E-state index in [1.165, 1.54) is 12.8 Å². The molecular weight excluding hydrogens is 216 g/mol. The Kier molecular flexibility index (Phi) is 3.68. The fourth-order valence-electron chi connectivity index (χ4n) is 2.58. The predicted octanol–water partition coefficient (Wildman–Crippen LogP) is 0.623. The molecule has 0 aromatic rings. The quantitative estimate of drug-likeness (QED) is 0.519. The summed E-state index contributed by atoms with van der Waals surface area (Å²) >= 11 is 0. The molecule has 1 aliphatic heterocycles. The van der Waals surface area contributed by atoms with Gasteiger partial charge in [-0.1, -0.05) is 18.8 Å². The molecule has 92 valence electrons. The molecule has 0 aromatic carbocycles. The number of hydrogen-bond acceptors (Lipinski definition) is 2. The van der Waals surface area contributed by atoms with Gasteiger partial charge in [0.25, 0.3) is 0 Å². The lowest BCUT2D eigenvalue weighted by atomic mass is 10.1. The van der Waals surface area contributed by atoms with Gasteiger partial charge in [-0.2, -0.15) is 0 Å². The summed E-state index contributed by atoms with van der Waals surface area (Å²) in [5, 5.41) is 0. The topological polar surface area (TPSA) is 40.6 Å². The Balaban J connectivity index is 1.99. The Morgan fingerprint density at radius 1 is 1.18 bits per heavy atom. The van der Waals surface area contributed by atoms with E-state index in [1.807, 2.05) is 0 Å². The maximum absolute atomic E-state index is 12.0. The summed E-state index contributed by atoms with van der Waals surface area (Å²) in [4.78, 5) is 27.2. The van der Waals surface area contributed by atoms with E-state index >= 15 is 0 Å². The van der Waals surface area contributed by atoms with Crippen LogP contribution in [-0.4, -0.2) is 47.3 Å². The maximum Gasteiger partial charge on any atom is 0.312 e. The fourth-order valence-corrected chi connectivity index (χ4v) is 2.58. The lowest BCUT2D eigenvalue weighted by Crippen LogP contribution is -2.56. The van der Waals surface area contributed by atoms with Crippen LogP contribution in [0.15, 0.2) is 0 Å². The third kappa shape index (κ3) is 2.44. The predicted molar refractivity (Wildman–Crippen MR) is 64.0 cm³/mol. The maximum atomic E-state index is 12.0. The van der Waals surface area contributed by atoms with Crippen LogP contribution in [0.2, 0.25) is 0 Å². The van der Waals surface area contributed by atoms with Crippen molar-refractivity contribution in [2.75, 3.05) is 19.6 Å². The Bertz CT molecular complexity index is 375. The van der Waals surface area contributed by atoms with Crippen LogP contribution in [0.1, 0.15) is 32.6 Å². The van der Waals surface area contributed by atoms with Gasteiger partial charge in [0.1, 0.15) is 0 Å². The number of nitrogens with zero attached hydrogens (tertiary/aromatic N) is 2. The first-order valence-electron chi connectivity index (χ1n) is 6.23. The van der Waals surface area contributed by atoms with Crippen molar-refractivity contribution in [2.45, 2.75) is 38.6 Å². The van der Waals surface area contributed by atoms with E-state index in [-0.39, 0.29) is 11.8 Å². The highest BCUT2D eigenvalue weighted by atomic mass is 16.2. The van der Waals surface area contributed by atoms with Gasteiger partial charge < -0.3 is 9.80 Å². The van der Waals surface area contributed by atoms with Gasteiger partial charge in [0.05, 0.1) is 6.54 Å². The first-order chi connectivity index (χ1) is 8.24. The van der Waals surface area contributed by atoms with E-state index in [4.69, 9.17) is 0 Å². The molecule has 1 aliphatic carbocycles. The van der Waals surface area contributed by atoms with Crippen LogP contribution >= 0.6 is 0 Å². The molecule has 4 heteroatoms. The summed E-state index contributed by atoms with van der Waals surface area (Å²) in [5.74, 6) is 4.87. The van der Waals surface area contributed by atoms with Crippen molar-refractivity contribution in [3.05, 3.63) is 0 Å². The highest BCUT2D eigenvalue weighted by Crippen LogP contribution is 2.24. The highest BCUT2D eigenvalue weighted by Gasteiger charge is 2.36. The van der Waals surface area contributed by atoms with Crippen LogP contribution in [-0.2, 0) is 9.59 Å². The Morgan fingerprint density at radius 3 is 2.53 bits per heavy atom. The molecule has 0 aromatic heterocycles. The zero-order valence-corrected chi connectivity index (χ0v) is 10.2. The Labute approximate surface area is 102 Å². The summed E-state index contributed by atoms with van der Waals surface area (Å²) in [7, 11) is 0. The molecule has 0 N–H and O–H groups in total. The average molecular weight is 234 g/mol. The number of rotatable bonds is 2. The van der Waals surface area contributed by atoms with Crippen molar-refractivity contribution in [1.29, 1.82) is 0 Å². The normalized spacial score (nSPS) is 21.7. The van der Waals surface area contributed by atoms with Gasteiger partial charge in [0, 0.05) is 19.1 Å². The Morgan fingerprint density at radius 2 is 1.88 bits per heavy atom. The smallest absolute Gasteiger partial charge is 0.312 e. The molecule has 2 fully saturated rings. The van der Waals surface area contributed by atoms with Crippen LogP contribution in [0.3, 0.4) is 0 Å². The van der Waals surface area contributed by atoms with E-state index in [0.717, 1.165) is 12.8 Å². The Hall–Kier alpha value is -1.50. The molecule has 17 heavy (non-hydrogen) atoms. The molecule has 1 saturated heterocycles. The minimum atomic E-state index is -0.383. The molecule has 1 saturated carbocycles. The van der Waals surface area contributed by atoms with Crippen molar-refractivity contribution in [3.8, 4) is 11.8 Å². The van der Waals surface area contributed by atoms with Crippen LogP contribution in [0, 0.1) is 11.8 Å². The largest absolute Gasteiger partial charge is 0.330 e. The average Bonchev–Trinajstić information content (AvgIpc) is 2.85. The number of carbonyl (C=O) groups excluding carboxylic acids is 2. The highest BCUT2D eigenvalue weighted by molar-refractivity contribution is 6.35. The second kappa shape index (κ2) is 5.22. The zero-order chi connectivity index (χ0) is 12.3. The van der Waals surface area contributed by atoms with Gasteiger partial charge in [-0.25, -0.2) is 0 Å². The summed E-state index contributed by atoms with van der Waals surface area (Å²) in [6, 6.07) is 0.297. The van der Waals surface area contributed by atoms with Gasteiger partial charge in [0.2, 0.25) is 0 Å². The molecule has 1 heterocycles. The molecular formula is C13H18N2O2. The minimum Gasteiger partial charge on any atom is -0.330 e. The summed E-state index contributed by atoms with van der Waals surface area (Å²) in [6.45, 7) is 3.40. The number of amides is 2. The second-order valence-electron chi connectivity index (χ2n) is 4.59. The summed E-state index contributed by atoms with van der Waals surface area (Å²) < 4.78 is 0. The van der Waals surface area contributed by atoms with Crippen LogP contribution in [0.25, 0.3) is 0 Å². The van der Waals surface area contributed by atoms with Crippen molar-refractivity contribution in [3.63, 3.8) is 0 Å². The number of hydrogen-bond donors (Lipinski definition) is 0. The fraction of sp³-hybridized carbons (Fsp3) is 0.692. The van der Waals surface area contributed by atoms with Crippen LogP contribution in [0.4, 0.5) is 0 Å². The lowest BCUT2D eigenvalue weighted by Gasteiger charge is -2.36. The number of carbonyl (C=O) groups is 2. The minimum absolute atomic E-state index is 0.297. The standard InChI is InChI=1S/C13H18N2O2/c1-2-3-8-14-9-10-15(13(17)12(14)16)11-6-4-5-7-11/h11H,4-10H2,1H3. The molecule has 2 aliphatic rings. The van der Waals surface area contributed by atoms with Crippen molar-refractivity contribution < 1.29 is 9.59 Å². The number of piperazine rings is 1. The third-order valence-corrected chi connectivity index (χ3v) is 3.55. The van der Waals surface area contributed by atoms with E-state index in [9.17, 15) is 9.59 Å². The molecule has 2 rings (SSSR count). The van der Waals surface area contributed by atoms with Gasteiger partial charge in [-0.3, -0.25) is 9.59 Å². The van der Waals surface area contributed by atoms with Crippen LogP contribution < -0.4 is 0 Å². The summed E-state index contributed by atoms with van der Waals surface area (Å²) in [5.41, 5.74) is 0. The zero-order valence-electron chi connectivity index (χ0n) is 10.2. The van der Waals surface area contributed by atoms with Crippen molar-refractivity contribution >= 4 is 11.8 Å². The van der Waals surface area contributed by atoms with Gasteiger partial charge in [-0.05, 0) is 19.8 Å². The monoisotopic (exact) mass is 234 g/mol. The molecule has 0 atom stereocenters. The van der Waals surface area contributed by atoms with Gasteiger partial charge in [0.15, 0.2) is 0 Å². The SMILES string of the molecule is CC#CCN1CCN(C2CCCC2)C(=O)C1=O. The molecule has 4 nitrogen and oxygen atoms in total. The second-order valence-corrected chi connectivity index (χ2v) is 4.59. The van der Waals surface area contributed by atoms with Crippen LogP contribution in [0.5, 0.6) is 0 Å². The molecule has 0 bridgehead atoms. The molecule has 0 unspecified atom stereocenters. The first kappa shape index (κ1) is 12.0. The van der Waals surface area contributed by atoms with E-state index in [0.29, 0.717) is 25.7 Å². The van der Waals surface area contributed by atoms with Crippen molar-refractivity contribution in [2.24, 2.45) is 0 Å². The third-order valence-electron chi connectivity index (χ3n) is 3.55. The van der Waals surface area contributed by atoms with Gasteiger partial charge >= 0.3 is 11.8 Å². The van der Waals surface area contributed by atoms with Crippen molar-refractivity contribution in [1.82, 2.24) is 9.80 Å². The first-order valence-corrected chi connectivity index (χ1v) is 6.23. The van der Waals surface area contributed by atoms with Gasteiger partial charge in [-0.15, -0.1) is 5.92 Å². The van der Waals surface area contributed by atoms with E-state index in [2.05, 4.69) is 11.8 Å². The molecule has 0 radical (unpaired) electrons. The molecule has 0 spiro atoms. The van der Waals surface area contributed by atoms with E-state index in [1.54, 1.807) is 16.7 Å². The molecule has 2 amide bonds. The van der Waals surface area contributed by atoms with E-state index < -0.39 is 0 Å². The lowest BCUT2D eigenvalue weighted by molar-refractivity contribution is -0.157.